The van der Waals surface area contributed by atoms with Crippen LogP contribution < -0.4 is 10.6 Å². The number of likely N-dealkylation sites (tertiary alicyclic amines) is 2. The van der Waals surface area contributed by atoms with E-state index in [-0.39, 0.29) is 42.3 Å². The van der Waals surface area contributed by atoms with Crippen LogP contribution in [0.25, 0.3) is 0 Å². The molecule has 2 N–H and O–H groups in total. The van der Waals surface area contributed by atoms with Crippen LogP contribution >= 0.6 is 0 Å². The van der Waals surface area contributed by atoms with Crippen LogP contribution in [0.15, 0.2) is 24.3 Å². The SMILES string of the molecule is CC[C@H](C)[C@H](NC(=O)c1ccc(C2CCN(C3CCC3)CC2)cc1)C(=O)N1C[C@H](NC)[C@H]2OCC(=O)[C@H]21. The normalized spacial score (nSPS) is 28.6. The van der Waals surface area contributed by atoms with Gasteiger partial charge >= 0.3 is 0 Å². The first-order chi connectivity index (χ1) is 17.9. The van der Waals surface area contributed by atoms with Crippen molar-refractivity contribution in [3.05, 3.63) is 35.4 Å². The van der Waals surface area contributed by atoms with Gasteiger partial charge in [0.1, 0.15) is 24.8 Å². The Bertz CT molecular complexity index is 986. The maximum absolute atomic E-state index is 13.7. The van der Waals surface area contributed by atoms with Gasteiger partial charge in [0.25, 0.3) is 5.91 Å². The minimum atomic E-state index is -0.697. The summed E-state index contributed by atoms with van der Waals surface area (Å²) >= 11 is 0. The molecule has 0 bridgehead atoms. The Balaban J connectivity index is 1.23. The Morgan fingerprint density at radius 2 is 1.81 bits per heavy atom. The summed E-state index contributed by atoms with van der Waals surface area (Å²) in [5.74, 6) is -0.0538. The fourth-order valence-electron chi connectivity index (χ4n) is 6.48. The molecule has 1 aromatic carbocycles. The molecule has 0 unspecified atom stereocenters. The van der Waals surface area contributed by atoms with E-state index < -0.39 is 12.1 Å². The Labute approximate surface area is 220 Å². The largest absolute Gasteiger partial charge is 0.366 e. The molecule has 0 aromatic heterocycles. The smallest absolute Gasteiger partial charge is 0.251 e. The van der Waals surface area contributed by atoms with Crippen molar-refractivity contribution in [2.45, 2.75) is 88.6 Å². The highest BCUT2D eigenvalue weighted by molar-refractivity contribution is 5.99. The number of fused-ring (bicyclic) bond motifs is 1. The van der Waals surface area contributed by atoms with E-state index in [0.717, 1.165) is 25.6 Å². The summed E-state index contributed by atoms with van der Waals surface area (Å²) in [7, 11) is 1.82. The van der Waals surface area contributed by atoms with Gasteiger partial charge in [-0.3, -0.25) is 14.4 Å². The summed E-state index contributed by atoms with van der Waals surface area (Å²) in [6, 6.07) is 7.37. The summed E-state index contributed by atoms with van der Waals surface area (Å²) in [4.78, 5) is 43.8. The molecule has 8 heteroatoms. The number of hydrogen-bond acceptors (Lipinski definition) is 6. The van der Waals surface area contributed by atoms with Crippen molar-refractivity contribution in [3.8, 4) is 0 Å². The number of likely N-dealkylation sites (N-methyl/N-ethyl adjacent to an activating group) is 1. The number of carbonyl (C=O) groups is 3. The summed E-state index contributed by atoms with van der Waals surface area (Å²) < 4.78 is 5.68. The van der Waals surface area contributed by atoms with E-state index in [1.54, 1.807) is 4.90 Å². The number of benzene rings is 1. The van der Waals surface area contributed by atoms with Gasteiger partial charge in [-0.25, -0.2) is 0 Å². The number of ether oxygens (including phenoxy) is 1. The predicted octanol–water partition coefficient (Wildman–Crippen LogP) is 2.33. The first kappa shape index (κ1) is 26.3. The van der Waals surface area contributed by atoms with Crippen molar-refractivity contribution in [1.29, 1.82) is 0 Å². The molecule has 1 saturated carbocycles. The van der Waals surface area contributed by atoms with Gasteiger partial charge in [0.05, 0.1) is 6.04 Å². The fourth-order valence-corrected chi connectivity index (χ4v) is 6.48. The number of hydrogen-bond donors (Lipinski definition) is 2. The van der Waals surface area contributed by atoms with Gasteiger partial charge in [0.15, 0.2) is 5.78 Å². The topological polar surface area (TPSA) is 91.0 Å². The molecular weight excluding hydrogens is 468 g/mol. The number of ketones is 1. The highest BCUT2D eigenvalue weighted by atomic mass is 16.5. The first-order valence-corrected chi connectivity index (χ1v) is 14.2. The van der Waals surface area contributed by atoms with Gasteiger partial charge in [-0.1, -0.05) is 38.8 Å². The predicted molar refractivity (Wildman–Crippen MR) is 141 cm³/mol. The second-order valence-electron chi connectivity index (χ2n) is 11.4. The van der Waals surface area contributed by atoms with Gasteiger partial charge in [0, 0.05) is 18.2 Å². The third-order valence-corrected chi connectivity index (χ3v) is 9.37. The molecule has 3 aliphatic heterocycles. The van der Waals surface area contributed by atoms with Crippen LogP contribution in [0.1, 0.15) is 74.2 Å². The van der Waals surface area contributed by atoms with Gasteiger partial charge in [-0.2, -0.15) is 0 Å². The molecule has 4 aliphatic rings. The summed E-state index contributed by atoms with van der Waals surface area (Å²) in [5.41, 5.74) is 1.85. The van der Waals surface area contributed by atoms with Crippen LogP contribution in [0.5, 0.6) is 0 Å². The molecule has 8 nitrogen and oxygen atoms in total. The summed E-state index contributed by atoms with van der Waals surface area (Å²) in [6.07, 6.45) is 6.82. The summed E-state index contributed by atoms with van der Waals surface area (Å²) in [5, 5.41) is 6.18. The zero-order valence-electron chi connectivity index (χ0n) is 22.4. The lowest BCUT2D eigenvalue weighted by Crippen LogP contribution is -2.54. The number of rotatable bonds is 8. The van der Waals surface area contributed by atoms with Crippen molar-refractivity contribution < 1.29 is 19.1 Å². The standard InChI is InChI=1S/C29H42N4O4/c1-4-18(2)25(29(36)33-16-23(30-3)27-26(33)24(34)17-37-27)31-28(35)21-10-8-19(9-11-21)20-12-14-32(15-13-20)22-6-5-7-22/h8-11,18,20,22-23,25-27,30H,4-7,12-17H2,1-3H3,(H,31,35)/t18-,23-,25-,26+,27+/m0/s1. The van der Waals surface area contributed by atoms with E-state index in [1.807, 2.05) is 33.0 Å². The number of Topliss-reactive ketones (excluding diaryl/α,β-unsaturated/α-hetero) is 1. The highest BCUT2D eigenvalue weighted by Crippen LogP contribution is 2.33. The Kier molecular flexibility index (Phi) is 7.98. The third kappa shape index (κ3) is 5.20. The van der Waals surface area contributed by atoms with E-state index in [2.05, 4.69) is 27.7 Å². The van der Waals surface area contributed by atoms with E-state index in [9.17, 15) is 14.4 Å². The average molecular weight is 511 g/mol. The molecule has 2 amide bonds. The lowest BCUT2D eigenvalue weighted by atomic mass is 9.85. The second-order valence-corrected chi connectivity index (χ2v) is 11.4. The van der Waals surface area contributed by atoms with Gasteiger partial charge in [-0.15, -0.1) is 0 Å². The third-order valence-electron chi connectivity index (χ3n) is 9.37. The zero-order chi connectivity index (χ0) is 26.1. The van der Waals surface area contributed by atoms with Crippen molar-refractivity contribution in [3.63, 3.8) is 0 Å². The summed E-state index contributed by atoms with van der Waals surface area (Å²) in [6.45, 7) is 6.73. The Morgan fingerprint density at radius 3 is 2.41 bits per heavy atom. The maximum atomic E-state index is 13.7. The first-order valence-electron chi connectivity index (χ1n) is 14.2. The molecule has 3 saturated heterocycles. The number of nitrogens with one attached hydrogen (secondary N) is 2. The minimum absolute atomic E-state index is 0.0314. The minimum Gasteiger partial charge on any atom is -0.366 e. The molecule has 0 radical (unpaired) electrons. The van der Waals surface area contributed by atoms with Crippen LogP contribution in [0.2, 0.25) is 0 Å². The highest BCUT2D eigenvalue weighted by Gasteiger charge is 2.53. The van der Waals surface area contributed by atoms with Crippen LogP contribution in [0, 0.1) is 5.92 Å². The van der Waals surface area contributed by atoms with E-state index in [0.29, 0.717) is 18.0 Å². The molecule has 202 valence electrons. The molecule has 0 spiro atoms. The maximum Gasteiger partial charge on any atom is 0.251 e. The molecule has 37 heavy (non-hydrogen) atoms. The lowest BCUT2D eigenvalue weighted by Gasteiger charge is -2.42. The van der Waals surface area contributed by atoms with E-state index in [1.165, 1.54) is 37.7 Å². The molecule has 1 aliphatic carbocycles. The van der Waals surface area contributed by atoms with Crippen molar-refractivity contribution in [1.82, 2.24) is 20.4 Å². The average Bonchev–Trinajstić information content (AvgIpc) is 3.46. The quantitative estimate of drug-likeness (QED) is 0.558. The molecular formula is C29H42N4O4. The number of nitrogens with zero attached hydrogens (tertiary/aromatic N) is 2. The van der Waals surface area contributed by atoms with E-state index >= 15 is 0 Å². The number of amides is 2. The van der Waals surface area contributed by atoms with Crippen molar-refractivity contribution >= 4 is 17.6 Å². The van der Waals surface area contributed by atoms with Crippen molar-refractivity contribution in [2.24, 2.45) is 5.92 Å². The molecule has 5 atom stereocenters. The van der Waals surface area contributed by atoms with Crippen LogP contribution in [-0.2, 0) is 14.3 Å². The Morgan fingerprint density at radius 1 is 1.11 bits per heavy atom. The monoisotopic (exact) mass is 510 g/mol. The van der Waals surface area contributed by atoms with Gasteiger partial charge < -0.3 is 25.2 Å². The molecule has 4 fully saturated rings. The second kappa shape index (κ2) is 11.2. The molecule has 3 heterocycles. The zero-order valence-corrected chi connectivity index (χ0v) is 22.4. The van der Waals surface area contributed by atoms with Gasteiger partial charge in [0.2, 0.25) is 5.91 Å². The van der Waals surface area contributed by atoms with Crippen LogP contribution in [0.4, 0.5) is 0 Å². The number of carbonyl (C=O) groups excluding carboxylic acids is 3. The van der Waals surface area contributed by atoms with E-state index in [4.69, 9.17) is 4.74 Å². The van der Waals surface area contributed by atoms with Crippen LogP contribution in [-0.4, -0.2) is 91.0 Å². The van der Waals surface area contributed by atoms with Crippen LogP contribution in [0.3, 0.4) is 0 Å². The fraction of sp³-hybridized carbons (Fsp3) is 0.690. The van der Waals surface area contributed by atoms with Gasteiger partial charge in [-0.05, 0) is 75.4 Å². The Hall–Kier alpha value is -2.29. The lowest BCUT2D eigenvalue weighted by molar-refractivity contribution is -0.139. The molecule has 5 rings (SSSR count). The molecule has 1 aromatic rings. The van der Waals surface area contributed by atoms with Crippen molar-refractivity contribution in [2.75, 3.05) is 33.3 Å². The number of piperidine rings is 1.